The van der Waals surface area contributed by atoms with E-state index in [1.165, 1.54) is 28.3 Å². The molecule has 0 spiro atoms. The molecule has 0 aromatic heterocycles. The van der Waals surface area contributed by atoms with Crippen molar-refractivity contribution in [2.75, 3.05) is 84.5 Å². The first-order chi connectivity index (χ1) is 29.3. The molecule has 6 rings (SSSR count). The first kappa shape index (κ1) is 44.0. The second-order valence-corrected chi connectivity index (χ2v) is 14.3. The van der Waals surface area contributed by atoms with Crippen molar-refractivity contribution in [3.05, 3.63) is 89.0 Å². The maximum absolute atomic E-state index is 13.2. The van der Waals surface area contributed by atoms with Gasteiger partial charge in [0.25, 0.3) is 11.8 Å². The monoisotopic (exact) mass is 828 g/mol. The summed E-state index contributed by atoms with van der Waals surface area (Å²) in [5.74, 6) is -2.72. The lowest BCUT2D eigenvalue weighted by atomic mass is 9.98. The molecule has 1 fully saturated rings. The van der Waals surface area contributed by atoms with E-state index < -0.39 is 35.8 Å². The van der Waals surface area contributed by atoms with Crippen LogP contribution in [0, 0.1) is 0 Å². The van der Waals surface area contributed by atoms with Crippen LogP contribution >= 0.6 is 0 Å². The lowest BCUT2D eigenvalue weighted by Crippen LogP contribution is -2.54. The van der Waals surface area contributed by atoms with Gasteiger partial charge in [0.2, 0.25) is 17.7 Å². The number of hydrogen-bond donors (Lipinski definition) is 3. The number of rotatable bonds is 25. The van der Waals surface area contributed by atoms with E-state index in [2.05, 4.69) is 40.2 Å². The Morgan fingerprint density at radius 3 is 1.87 bits per heavy atom. The van der Waals surface area contributed by atoms with Gasteiger partial charge in [-0.1, -0.05) is 61.0 Å². The minimum Gasteiger partial charge on any atom is -0.449 e. The van der Waals surface area contributed by atoms with Crippen LogP contribution in [0.4, 0.5) is 10.5 Å². The summed E-state index contributed by atoms with van der Waals surface area (Å²) in [7, 11) is 0. The molecule has 2 heterocycles. The summed E-state index contributed by atoms with van der Waals surface area (Å²) in [6.07, 6.45) is 1.94. The van der Waals surface area contributed by atoms with Crippen molar-refractivity contribution in [3.63, 3.8) is 0 Å². The van der Waals surface area contributed by atoms with E-state index in [0.717, 1.165) is 17.7 Å². The number of anilines is 1. The topological polar surface area (TPSA) is 197 Å². The van der Waals surface area contributed by atoms with Gasteiger partial charge in [0, 0.05) is 31.9 Å². The SMILES string of the molecule is O=C1CCC(N2C(=O)c3cccc(NC(=O)CCCCCOCCOCCOCCOCCOCCNC(=O)OCC4c5ccccc5-c5ccccc54)c3C2=O)C(=O)N1. The van der Waals surface area contributed by atoms with E-state index >= 15 is 0 Å². The Morgan fingerprint density at radius 1 is 0.650 bits per heavy atom. The van der Waals surface area contributed by atoms with Crippen molar-refractivity contribution in [3.8, 4) is 11.1 Å². The molecule has 6 amide bonds. The van der Waals surface area contributed by atoms with Gasteiger partial charge >= 0.3 is 6.09 Å². The molecule has 1 unspecified atom stereocenters. The van der Waals surface area contributed by atoms with Crippen LogP contribution < -0.4 is 16.0 Å². The molecule has 16 heteroatoms. The van der Waals surface area contributed by atoms with Crippen molar-refractivity contribution >= 4 is 41.3 Å². The maximum atomic E-state index is 13.2. The summed E-state index contributed by atoms with van der Waals surface area (Å²) in [6, 6.07) is 19.9. The normalized spacial score (nSPS) is 15.7. The first-order valence-electron chi connectivity index (χ1n) is 20.5. The Bertz CT molecular complexity index is 1940. The Labute approximate surface area is 348 Å². The fraction of sp³-hybridized carbons (Fsp3) is 0.455. The predicted octanol–water partition coefficient (Wildman–Crippen LogP) is 4.21. The van der Waals surface area contributed by atoms with Crippen LogP contribution in [0.3, 0.4) is 0 Å². The van der Waals surface area contributed by atoms with E-state index in [1.807, 2.05) is 24.3 Å². The molecule has 60 heavy (non-hydrogen) atoms. The minimum atomic E-state index is -1.08. The molecule has 0 bridgehead atoms. The van der Waals surface area contributed by atoms with Crippen molar-refractivity contribution in [1.29, 1.82) is 0 Å². The molecule has 2 aliphatic heterocycles. The zero-order chi connectivity index (χ0) is 42.1. The third kappa shape index (κ3) is 11.8. The molecule has 1 saturated heterocycles. The van der Waals surface area contributed by atoms with Gasteiger partial charge in [-0.15, -0.1) is 0 Å². The highest BCUT2D eigenvalue weighted by Gasteiger charge is 2.45. The molecule has 3 aliphatic rings. The van der Waals surface area contributed by atoms with Crippen molar-refractivity contribution in [2.45, 2.75) is 50.5 Å². The van der Waals surface area contributed by atoms with Gasteiger partial charge < -0.3 is 39.1 Å². The highest BCUT2D eigenvalue weighted by Crippen LogP contribution is 2.44. The number of nitrogens with zero attached hydrogens (tertiary/aromatic N) is 1. The van der Waals surface area contributed by atoms with Crippen molar-refractivity contribution in [2.24, 2.45) is 0 Å². The molecular weight excluding hydrogens is 776 g/mol. The van der Waals surface area contributed by atoms with Gasteiger partial charge in [-0.3, -0.25) is 34.2 Å². The highest BCUT2D eigenvalue weighted by molar-refractivity contribution is 6.26. The minimum absolute atomic E-state index is 0.0170. The second-order valence-electron chi connectivity index (χ2n) is 14.3. The number of nitrogens with one attached hydrogen (secondary N) is 3. The van der Waals surface area contributed by atoms with Crippen LogP contribution in [0.2, 0.25) is 0 Å². The smallest absolute Gasteiger partial charge is 0.407 e. The van der Waals surface area contributed by atoms with Crippen molar-refractivity contribution < 1.29 is 57.2 Å². The van der Waals surface area contributed by atoms with Gasteiger partial charge in [-0.25, -0.2) is 4.79 Å². The Balaban J connectivity index is 0.692. The highest BCUT2D eigenvalue weighted by atomic mass is 16.6. The van der Waals surface area contributed by atoms with Crippen molar-refractivity contribution in [1.82, 2.24) is 15.5 Å². The molecular formula is C44H52N4O12. The van der Waals surface area contributed by atoms with Gasteiger partial charge in [0.15, 0.2) is 0 Å². The Morgan fingerprint density at radius 2 is 1.23 bits per heavy atom. The number of piperidine rings is 1. The fourth-order valence-corrected chi connectivity index (χ4v) is 7.35. The lowest BCUT2D eigenvalue weighted by molar-refractivity contribution is -0.136. The van der Waals surface area contributed by atoms with Crippen LogP contribution in [0.5, 0.6) is 0 Å². The molecule has 0 radical (unpaired) electrons. The summed E-state index contributed by atoms with van der Waals surface area (Å²) < 4.78 is 33.2. The second kappa shape index (κ2) is 22.7. The number of ether oxygens (including phenoxy) is 6. The van der Waals surface area contributed by atoms with Crippen LogP contribution in [-0.2, 0) is 42.8 Å². The summed E-state index contributed by atoms with van der Waals surface area (Å²) in [6.45, 7) is 4.84. The van der Waals surface area contributed by atoms with Crippen LogP contribution in [-0.4, -0.2) is 126 Å². The largest absolute Gasteiger partial charge is 0.449 e. The van der Waals surface area contributed by atoms with Gasteiger partial charge in [-0.2, -0.15) is 0 Å². The zero-order valence-corrected chi connectivity index (χ0v) is 33.6. The van der Waals surface area contributed by atoms with E-state index in [9.17, 15) is 28.8 Å². The first-order valence-corrected chi connectivity index (χ1v) is 20.5. The van der Waals surface area contributed by atoms with E-state index in [4.69, 9.17) is 28.4 Å². The summed E-state index contributed by atoms with van der Waals surface area (Å²) in [5, 5.41) is 7.64. The average molecular weight is 829 g/mol. The number of alkyl carbamates (subject to hydrolysis) is 1. The standard InChI is InChI=1S/C44H52N4O12/c49-38(46-36-14-8-13-34-40(36)43(53)48(42(34)52)37-16-17-39(50)47-41(37)51)15-2-1-7-19-55-21-23-57-25-27-59-28-26-58-24-22-56-20-18-45-44(54)60-29-35-32-11-5-3-9-30(32)31-10-4-6-12-33(31)35/h3-6,8-14,35,37H,1-2,7,15-29H2,(H,45,54)(H,46,49)(H,47,50,51). The third-order valence-corrected chi connectivity index (χ3v) is 10.3. The number of imide groups is 2. The fourth-order valence-electron chi connectivity index (χ4n) is 7.35. The Hall–Kier alpha value is -5.52. The number of carbonyl (C=O) groups is 6. The number of amides is 6. The molecule has 3 aromatic carbocycles. The summed E-state index contributed by atoms with van der Waals surface area (Å²) >= 11 is 0. The lowest BCUT2D eigenvalue weighted by Gasteiger charge is -2.27. The molecule has 3 N–H and O–H groups in total. The van der Waals surface area contributed by atoms with E-state index in [0.29, 0.717) is 79.0 Å². The van der Waals surface area contributed by atoms with Crippen LogP contribution in [0.1, 0.15) is 76.3 Å². The molecule has 1 atom stereocenters. The van der Waals surface area contributed by atoms with Crippen LogP contribution in [0.25, 0.3) is 11.1 Å². The molecule has 320 valence electrons. The van der Waals surface area contributed by atoms with Gasteiger partial charge in [0.1, 0.15) is 12.6 Å². The predicted molar refractivity (Wildman–Crippen MR) is 217 cm³/mol. The third-order valence-electron chi connectivity index (χ3n) is 10.3. The number of carbonyl (C=O) groups excluding carboxylic acids is 6. The number of benzene rings is 3. The van der Waals surface area contributed by atoms with E-state index in [1.54, 1.807) is 12.1 Å². The van der Waals surface area contributed by atoms with Crippen LogP contribution in [0.15, 0.2) is 66.7 Å². The average Bonchev–Trinajstić information content (AvgIpc) is 3.70. The number of fused-ring (bicyclic) bond motifs is 4. The number of hydrogen-bond acceptors (Lipinski definition) is 12. The molecule has 3 aromatic rings. The molecule has 1 aliphatic carbocycles. The van der Waals surface area contributed by atoms with Gasteiger partial charge in [-0.05, 0) is 53.6 Å². The molecule has 16 nitrogen and oxygen atoms in total. The molecule has 0 saturated carbocycles. The maximum Gasteiger partial charge on any atom is 0.407 e. The zero-order valence-electron chi connectivity index (χ0n) is 33.6. The summed E-state index contributed by atoms with van der Waals surface area (Å²) in [5.41, 5.74) is 5.08. The number of unbranched alkanes of at least 4 members (excludes halogenated alkanes) is 2. The van der Waals surface area contributed by atoms with E-state index in [-0.39, 0.29) is 54.5 Å². The van der Waals surface area contributed by atoms with Gasteiger partial charge in [0.05, 0.1) is 76.3 Å². The quantitative estimate of drug-likeness (QED) is 0.0815. The summed E-state index contributed by atoms with van der Waals surface area (Å²) in [4.78, 5) is 75.9. The Kier molecular flexibility index (Phi) is 16.7.